The number of rotatable bonds is 5. The van der Waals surface area contributed by atoms with Crippen molar-refractivity contribution in [2.75, 3.05) is 12.4 Å². The number of methoxy groups -OCH3 is 1. The monoisotopic (exact) mass is 339 g/mol. The lowest BCUT2D eigenvalue weighted by Crippen LogP contribution is -2.30. The molecule has 0 aromatic heterocycles. The van der Waals surface area contributed by atoms with Gasteiger partial charge in [0.25, 0.3) is 5.91 Å². The fraction of sp³-hybridized carbons (Fsp3) is 0.188. The standard InChI is InChI=1S/C16H15Cl2NO3/c1-10(22-13-6-3-11(17)4-7-13)16(20)19-12-5-8-15(21-2)14(18)9-12/h3-10H,1-2H3,(H,19,20)/t10-/m1/s1. The van der Waals surface area contributed by atoms with E-state index in [2.05, 4.69) is 5.32 Å². The largest absolute Gasteiger partial charge is 0.495 e. The van der Waals surface area contributed by atoms with Crippen LogP contribution in [0.25, 0.3) is 0 Å². The molecule has 1 N–H and O–H groups in total. The first-order chi connectivity index (χ1) is 10.5. The lowest BCUT2D eigenvalue weighted by atomic mass is 10.2. The first-order valence-electron chi connectivity index (χ1n) is 6.56. The van der Waals surface area contributed by atoms with Crippen molar-refractivity contribution in [3.63, 3.8) is 0 Å². The molecule has 2 aromatic rings. The van der Waals surface area contributed by atoms with Gasteiger partial charge in [0.05, 0.1) is 12.1 Å². The van der Waals surface area contributed by atoms with E-state index in [1.807, 2.05) is 0 Å². The summed E-state index contributed by atoms with van der Waals surface area (Å²) in [5, 5.41) is 3.77. The van der Waals surface area contributed by atoms with Crippen LogP contribution in [0.15, 0.2) is 42.5 Å². The first-order valence-corrected chi connectivity index (χ1v) is 7.32. The maximum Gasteiger partial charge on any atom is 0.265 e. The number of carbonyl (C=O) groups is 1. The number of nitrogens with one attached hydrogen (secondary N) is 1. The summed E-state index contributed by atoms with van der Waals surface area (Å²) in [5.41, 5.74) is 0.572. The van der Waals surface area contributed by atoms with Crippen LogP contribution in [0.4, 0.5) is 5.69 Å². The molecule has 0 bridgehead atoms. The Bertz CT molecular complexity index is 659. The molecule has 0 aliphatic carbocycles. The van der Waals surface area contributed by atoms with Gasteiger partial charge in [0, 0.05) is 10.7 Å². The van der Waals surface area contributed by atoms with Crippen molar-refractivity contribution in [2.24, 2.45) is 0 Å². The van der Waals surface area contributed by atoms with Crippen LogP contribution in [0.5, 0.6) is 11.5 Å². The Balaban J connectivity index is 1.99. The number of hydrogen-bond acceptors (Lipinski definition) is 3. The summed E-state index contributed by atoms with van der Waals surface area (Å²) in [4.78, 5) is 12.1. The van der Waals surface area contributed by atoms with E-state index >= 15 is 0 Å². The molecule has 22 heavy (non-hydrogen) atoms. The smallest absolute Gasteiger partial charge is 0.265 e. The van der Waals surface area contributed by atoms with Gasteiger partial charge in [0.1, 0.15) is 11.5 Å². The van der Waals surface area contributed by atoms with E-state index in [-0.39, 0.29) is 5.91 Å². The van der Waals surface area contributed by atoms with Crippen molar-refractivity contribution in [2.45, 2.75) is 13.0 Å². The normalized spacial score (nSPS) is 11.6. The summed E-state index contributed by atoms with van der Waals surface area (Å²) in [6.45, 7) is 1.66. The van der Waals surface area contributed by atoms with Crippen LogP contribution < -0.4 is 14.8 Å². The van der Waals surface area contributed by atoms with Gasteiger partial charge in [0.2, 0.25) is 0 Å². The predicted molar refractivity (Wildman–Crippen MR) is 88.2 cm³/mol. The molecule has 0 aliphatic rings. The second-order valence-corrected chi connectivity index (χ2v) is 5.40. The zero-order valence-corrected chi connectivity index (χ0v) is 13.6. The number of ether oxygens (including phenoxy) is 2. The van der Waals surface area contributed by atoms with E-state index in [1.165, 1.54) is 7.11 Å². The van der Waals surface area contributed by atoms with Crippen LogP contribution >= 0.6 is 23.2 Å². The number of benzene rings is 2. The molecule has 0 heterocycles. The Kier molecular flexibility index (Phi) is 5.52. The molecule has 1 atom stereocenters. The number of hydrogen-bond donors (Lipinski definition) is 1. The average molecular weight is 340 g/mol. The fourth-order valence-corrected chi connectivity index (χ4v) is 2.14. The van der Waals surface area contributed by atoms with Crippen LogP contribution in [-0.2, 0) is 4.79 Å². The molecule has 2 rings (SSSR count). The molecule has 0 aliphatic heterocycles. The van der Waals surface area contributed by atoms with E-state index < -0.39 is 6.10 Å². The quantitative estimate of drug-likeness (QED) is 0.877. The SMILES string of the molecule is COc1ccc(NC(=O)[C@@H](C)Oc2ccc(Cl)cc2)cc1Cl. The van der Waals surface area contributed by atoms with E-state index in [0.717, 1.165) is 0 Å². The van der Waals surface area contributed by atoms with Crippen molar-refractivity contribution >= 4 is 34.8 Å². The maximum atomic E-state index is 12.1. The van der Waals surface area contributed by atoms with Crippen LogP contribution in [0, 0.1) is 0 Å². The molecular weight excluding hydrogens is 325 g/mol. The fourth-order valence-electron chi connectivity index (χ4n) is 1.76. The third-order valence-electron chi connectivity index (χ3n) is 2.92. The van der Waals surface area contributed by atoms with Gasteiger partial charge in [-0.25, -0.2) is 0 Å². The number of halogens is 2. The molecule has 2 aromatic carbocycles. The molecular formula is C16H15Cl2NO3. The van der Waals surface area contributed by atoms with Crippen LogP contribution in [0.2, 0.25) is 10.0 Å². The van der Waals surface area contributed by atoms with E-state index in [9.17, 15) is 4.79 Å². The lowest BCUT2D eigenvalue weighted by molar-refractivity contribution is -0.122. The topological polar surface area (TPSA) is 47.6 Å². The van der Waals surface area contributed by atoms with Gasteiger partial charge >= 0.3 is 0 Å². The molecule has 0 saturated carbocycles. The summed E-state index contributed by atoms with van der Waals surface area (Å²) in [5.74, 6) is 0.834. The molecule has 6 heteroatoms. The molecule has 0 spiro atoms. The molecule has 4 nitrogen and oxygen atoms in total. The highest BCUT2D eigenvalue weighted by Gasteiger charge is 2.15. The van der Waals surface area contributed by atoms with E-state index in [0.29, 0.717) is 27.2 Å². The van der Waals surface area contributed by atoms with Crippen molar-refractivity contribution in [3.05, 3.63) is 52.5 Å². The molecule has 116 valence electrons. The third kappa shape index (κ3) is 4.29. The van der Waals surface area contributed by atoms with E-state index in [1.54, 1.807) is 49.4 Å². The third-order valence-corrected chi connectivity index (χ3v) is 3.46. The molecule has 0 radical (unpaired) electrons. The summed E-state index contributed by atoms with van der Waals surface area (Å²) in [6.07, 6.45) is -0.665. The summed E-state index contributed by atoms with van der Waals surface area (Å²) >= 11 is 11.8. The molecule has 0 unspecified atom stereocenters. The average Bonchev–Trinajstić information content (AvgIpc) is 2.49. The predicted octanol–water partition coefficient (Wildman–Crippen LogP) is 4.41. The molecule has 0 saturated heterocycles. The van der Waals surface area contributed by atoms with Gasteiger partial charge in [0.15, 0.2) is 6.10 Å². The first kappa shape index (κ1) is 16.5. The highest BCUT2D eigenvalue weighted by Crippen LogP contribution is 2.27. The van der Waals surface area contributed by atoms with Crippen LogP contribution in [0.1, 0.15) is 6.92 Å². The number of anilines is 1. The highest BCUT2D eigenvalue weighted by atomic mass is 35.5. The van der Waals surface area contributed by atoms with E-state index in [4.69, 9.17) is 32.7 Å². The zero-order valence-electron chi connectivity index (χ0n) is 12.1. The molecule has 0 fully saturated rings. The van der Waals surface area contributed by atoms with Gasteiger partial charge < -0.3 is 14.8 Å². The summed E-state index contributed by atoms with van der Waals surface area (Å²) in [6, 6.07) is 11.8. The minimum atomic E-state index is -0.665. The Morgan fingerprint density at radius 1 is 1.14 bits per heavy atom. The van der Waals surface area contributed by atoms with Gasteiger partial charge in [-0.3, -0.25) is 4.79 Å². The summed E-state index contributed by atoms with van der Waals surface area (Å²) < 4.78 is 10.6. The Morgan fingerprint density at radius 3 is 2.41 bits per heavy atom. The second kappa shape index (κ2) is 7.38. The Hall–Kier alpha value is -1.91. The lowest BCUT2D eigenvalue weighted by Gasteiger charge is -2.15. The van der Waals surface area contributed by atoms with Gasteiger partial charge in [-0.2, -0.15) is 0 Å². The van der Waals surface area contributed by atoms with Crippen molar-refractivity contribution < 1.29 is 14.3 Å². The highest BCUT2D eigenvalue weighted by molar-refractivity contribution is 6.32. The molecule has 1 amide bonds. The van der Waals surface area contributed by atoms with Crippen LogP contribution in [-0.4, -0.2) is 19.1 Å². The van der Waals surface area contributed by atoms with Crippen molar-refractivity contribution in [3.8, 4) is 11.5 Å². The van der Waals surface area contributed by atoms with Gasteiger partial charge in [-0.05, 0) is 49.4 Å². The number of carbonyl (C=O) groups excluding carboxylic acids is 1. The number of amides is 1. The van der Waals surface area contributed by atoms with Crippen LogP contribution in [0.3, 0.4) is 0 Å². The zero-order chi connectivity index (χ0) is 16.1. The Morgan fingerprint density at radius 2 is 1.82 bits per heavy atom. The van der Waals surface area contributed by atoms with Gasteiger partial charge in [-0.1, -0.05) is 23.2 Å². The minimum absolute atomic E-state index is 0.281. The maximum absolute atomic E-state index is 12.1. The van der Waals surface area contributed by atoms with Gasteiger partial charge in [-0.15, -0.1) is 0 Å². The summed E-state index contributed by atoms with van der Waals surface area (Å²) in [7, 11) is 1.53. The second-order valence-electron chi connectivity index (χ2n) is 4.55. The minimum Gasteiger partial charge on any atom is -0.495 e. The Labute approximate surface area is 138 Å². The van der Waals surface area contributed by atoms with Crippen molar-refractivity contribution in [1.29, 1.82) is 0 Å². The van der Waals surface area contributed by atoms with Crippen molar-refractivity contribution in [1.82, 2.24) is 0 Å².